The number of nitrogens with one attached hydrogen (secondary N) is 2. The standard InChI is InChI=1S/C69H84ClF3N4O5S3Si2/c1-10-84(75-66(78)52-32-36-58(37-33-52)77-43-40-53(55(48-77)50-86(9,81)67(2,3)4)46-54-22-20-21-29-63(54)51-30-34-56(70)35-31-51)60-38-39-64(65(47-60)85(79,80)69(71,72)73)74-57(49-83-59-23-14-11-15-24-59)41-42-76(8)44-45-82-87(68(5,6)7,61-25-16-12-17-26-61)62-27-18-13-19-28-62/h10-39,47,53,55,57,74,81H,40-46,48-50H2,1-9H3,(H,75,78)/t53?,55?,57-,84?,86?/m1/s1. The number of halogens is 4. The molecule has 8 rings (SSSR count). The molecule has 1 aliphatic rings. The van der Waals surface area contributed by atoms with Crippen molar-refractivity contribution in [2.45, 2.75) is 117 Å². The first-order valence-corrected chi connectivity index (χ1v) is 38.5. The van der Waals surface area contributed by atoms with Crippen LogP contribution in [0.2, 0.25) is 27.7 Å². The SMILES string of the molecule is C/C=S(\NC(=O)c1ccc(N2CCC(Cc3ccccc3-c3ccc(Cl)cc3)C(C[Si](C)(O)C(C)(C)C)C2)cc1)c1ccc(N[C@H](CCN(C)CCO[Si](c2ccccc2)(c2ccccc2)C(C)(C)C)CSc2ccccc2)c(S(=O)(=O)C(F)(F)F)c1. The van der Waals surface area contributed by atoms with Gasteiger partial charge in [-0.1, -0.05) is 179 Å². The molecule has 0 aliphatic carbocycles. The highest BCUT2D eigenvalue weighted by molar-refractivity contribution is 8.13. The van der Waals surface area contributed by atoms with Crippen LogP contribution in [0.1, 0.15) is 77.2 Å². The van der Waals surface area contributed by atoms with Crippen LogP contribution in [0.15, 0.2) is 197 Å². The topological polar surface area (TPSA) is 111 Å². The molecule has 1 saturated heterocycles. The number of alkyl halides is 3. The Balaban J connectivity index is 0.978. The number of likely N-dealkylation sites (N-methyl/N-ethyl adjacent to an activating group) is 1. The van der Waals surface area contributed by atoms with Crippen LogP contribution in [-0.2, 0) is 20.7 Å². The van der Waals surface area contributed by atoms with Crippen molar-refractivity contribution in [3.63, 3.8) is 0 Å². The summed E-state index contributed by atoms with van der Waals surface area (Å²) in [5, 5.41) is 7.50. The molecule has 464 valence electrons. The van der Waals surface area contributed by atoms with Crippen molar-refractivity contribution in [3.05, 3.63) is 198 Å². The second-order valence-corrected chi connectivity index (χ2v) is 39.1. The number of nitrogens with zero attached hydrogens (tertiary/aromatic N) is 2. The molecular formula is C69H84ClF3N4O5S3Si2. The van der Waals surface area contributed by atoms with E-state index in [1.807, 2.05) is 73.8 Å². The summed E-state index contributed by atoms with van der Waals surface area (Å²) in [4.78, 5) is 30.9. The second-order valence-electron chi connectivity index (χ2n) is 25.1. The lowest BCUT2D eigenvalue weighted by atomic mass is 9.80. The fraction of sp³-hybridized carbons (Fsp3) is 0.362. The van der Waals surface area contributed by atoms with Crippen molar-refractivity contribution in [2.75, 3.05) is 55.8 Å². The van der Waals surface area contributed by atoms with Crippen LogP contribution in [-0.4, -0.2) is 103 Å². The van der Waals surface area contributed by atoms with Gasteiger partial charge in [-0.2, -0.15) is 13.2 Å². The number of sulfone groups is 1. The molecule has 0 bridgehead atoms. The largest absolute Gasteiger partial charge is 0.501 e. The van der Waals surface area contributed by atoms with Gasteiger partial charge in [0.15, 0.2) is 8.32 Å². The van der Waals surface area contributed by atoms with Gasteiger partial charge in [0.25, 0.3) is 24.1 Å². The normalized spacial score (nSPS) is 16.7. The van der Waals surface area contributed by atoms with Gasteiger partial charge in [-0.3, -0.25) is 9.52 Å². The zero-order valence-corrected chi connectivity index (χ0v) is 56.6. The van der Waals surface area contributed by atoms with E-state index in [0.29, 0.717) is 48.4 Å². The van der Waals surface area contributed by atoms with Crippen LogP contribution in [0.25, 0.3) is 11.1 Å². The van der Waals surface area contributed by atoms with Crippen molar-refractivity contribution in [2.24, 2.45) is 11.8 Å². The Labute approximate surface area is 528 Å². The maximum absolute atomic E-state index is 14.8. The van der Waals surface area contributed by atoms with Gasteiger partial charge in [-0.15, -0.1) is 11.8 Å². The summed E-state index contributed by atoms with van der Waals surface area (Å²) in [6.07, 6.45) is 2.22. The molecule has 0 aromatic heterocycles. The average Bonchev–Trinajstić information content (AvgIpc) is 0.874. The predicted molar refractivity (Wildman–Crippen MR) is 364 cm³/mol. The first kappa shape index (κ1) is 67.5. The lowest BCUT2D eigenvalue weighted by molar-refractivity contribution is -0.0435. The van der Waals surface area contributed by atoms with Gasteiger partial charge in [0.05, 0.1) is 5.69 Å². The van der Waals surface area contributed by atoms with Crippen molar-refractivity contribution < 1.29 is 35.6 Å². The zero-order valence-electron chi connectivity index (χ0n) is 51.4. The summed E-state index contributed by atoms with van der Waals surface area (Å²) in [7, 11) is -10.7. The number of benzene rings is 7. The van der Waals surface area contributed by atoms with Crippen molar-refractivity contribution in [1.82, 2.24) is 9.62 Å². The van der Waals surface area contributed by atoms with E-state index in [0.717, 1.165) is 54.2 Å². The summed E-state index contributed by atoms with van der Waals surface area (Å²) in [6, 6.07) is 58.5. The molecule has 18 heteroatoms. The Kier molecular flexibility index (Phi) is 22.5. The van der Waals surface area contributed by atoms with Crippen molar-refractivity contribution >= 4 is 93.5 Å². The highest BCUT2D eigenvalue weighted by Crippen LogP contribution is 2.45. The number of carbonyl (C=O) groups excluding carboxylic acids is 1. The van der Waals surface area contributed by atoms with Crippen LogP contribution >= 0.6 is 34.0 Å². The fourth-order valence-corrected chi connectivity index (χ4v) is 21.7. The number of piperidine rings is 1. The van der Waals surface area contributed by atoms with E-state index in [2.05, 4.69) is 153 Å². The van der Waals surface area contributed by atoms with Gasteiger partial charge >= 0.3 is 5.51 Å². The molecular weight excluding hydrogens is 1210 g/mol. The Morgan fingerprint density at radius 3 is 1.99 bits per heavy atom. The number of carbonyl (C=O) groups is 1. The van der Waals surface area contributed by atoms with E-state index in [1.165, 1.54) is 39.3 Å². The van der Waals surface area contributed by atoms with Crippen LogP contribution in [0.3, 0.4) is 0 Å². The molecule has 1 amide bonds. The highest BCUT2D eigenvalue weighted by atomic mass is 35.5. The number of rotatable bonds is 24. The first-order chi connectivity index (χ1) is 41.2. The number of hydrogen-bond donors (Lipinski definition) is 3. The molecule has 7 aromatic rings. The van der Waals surface area contributed by atoms with E-state index in [4.69, 9.17) is 16.0 Å². The molecule has 1 aliphatic heterocycles. The highest BCUT2D eigenvalue weighted by Gasteiger charge is 2.51. The molecule has 0 radical (unpaired) electrons. The number of amides is 1. The summed E-state index contributed by atoms with van der Waals surface area (Å²) in [5.41, 5.74) is -0.964. The van der Waals surface area contributed by atoms with Gasteiger partial charge in [0, 0.05) is 64.1 Å². The lowest BCUT2D eigenvalue weighted by Crippen LogP contribution is -2.67. The van der Waals surface area contributed by atoms with Crippen LogP contribution in [0.5, 0.6) is 0 Å². The fourth-order valence-electron chi connectivity index (χ4n) is 11.6. The van der Waals surface area contributed by atoms with Gasteiger partial charge in [0.2, 0.25) is 0 Å². The third kappa shape index (κ3) is 16.7. The van der Waals surface area contributed by atoms with Gasteiger partial charge in [0.1, 0.15) is 4.90 Å². The Bertz CT molecular complexity index is 3500. The van der Waals surface area contributed by atoms with Crippen molar-refractivity contribution in [3.8, 4) is 11.1 Å². The van der Waals surface area contributed by atoms with Crippen LogP contribution < -0.4 is 25.3 Å². The van der Waals surface area contributed by atoms with Crippen LogP contribution in [0.4, 0.5) is 24.5 Å². The molecule has 87 heavy (non-hydrogen) atoms. The number of hydrogen-bond acceptors (Lipinski definition) is 9. The third-order valence-electron chi connectivity index (χ3n) is 17.2. The Morgan fingerprint density at radius 2 is 1.40 bits per heavy atom. The van der Waals surface area contributed by atoms with E-state index in [1.54, 1.807) is 30.5 Å². The zero-order chi connectivity index (χ0) is 62.8. The molecule has 5 atom stereocenters. The molecule has 3 N–H and O–H groups in total. The van der Waals surface area contributed by atoms with Gasteiger partial charge < -0.3 is 24.3 Å². The summed E-state index contributed by atoms with van der Waals surface area (Å²) in [5.74, 6) is 0.460. The molecule has 4 unspecified atom stereocenters. The smallest absolute Gasteiger partial charge is 0.431 e. The van der Waals surface area contributed by atoms with Crippen LogP contribution in [0, 0.1) is 11.8 Å². The summed E-state index contributed by atoms with van der Waals surface area (Å²) >= 11 is 7.80. The Morgan fingerprint density at radius 1 is 0.805 bits per heavy atom. The van der Waals surface area contributed by atoms with Crippen molar-refractivity contribution in [1.29, 1.82) is 0 Å². The average molecular weight is 1290 g/mol. The maximum atomic E-state index is 14.8. The first-order valence-electron chi connectivity index (χ1n) is 29.8. The van der Waals surface area contributed by atoms with E-state index < -0.39 is 59.5 Å². The molecule has 1 fully saturated rings. The van der Waals surface area contributed by atoms with Gasteiger partial charge in [-0.25, -0.2) is 8.42 Å². The minimum absolute atomic E-state index is 0.174. The van der Waals surface area contributed by atoms with E-state index >= 15 is 0 Å². The lowest BCUT2D eigenvalue weighted by Gasteiger charge is -2.45. The molecule has 9 nitrogen and oxygen atoms in total. The predicted octanol–water partition coefficient (Wildman–Crippen LogP) is 15.6. The van der Waals surface area contributed by atoms with E-state index in [-0.39, 0.29) is 26.6 Å². The number of thioether (sulfide) groups is 1. The summed E-state index contributed by atoms with van der Waals surface area (Å²) in [6.45, 7) is 19.9. The minimum atomic E-state index is -5.89. The second kappa shape index (κ2) is 29.0. The molecule has 1 heterocycles. The van der Waals surface area contributed by atoms with E-state index in [9.17, 15) is 31.2 Å². The minimum Gasteiger partial charge on any atom is -0.431 e. The third-order valence-corrected chi connectivity index (χ3v) is 31.4. The summed E-state index contributed by atoms with van der Waals surface area (Å²) < 4.78 is 81.8. The monoisotopic (exact) mass is 1290 g/mol. The molecule has 0 saturated carbocycles. The van der Waals surface area contributed by atoms with Gasteiger partial charge in [-0.05, 0) is 173 Å². The maximum Gasteiger partial charge on any atom is 0.501 e. The molecule has 0 spiro atoms. The Hall–Kier alpha value is -5.48. The molecule has 7 aromatic carbocycles. The quantitative estimate of drug-likeness (QED) is 0.0309. The number of anilines is 2.